The highest BCUT2D eigenvalue weighted by Crippen LogP contribution is 2.28. The van der Waals surface area contributed by atoms with Gasteiger partial charge in [-0.25, -0.2) is 4.39 Å². The lowest BCUT2D eigenvalue weighted by Gasteiger charge is -2.18. The topological polar surface area (TPSA) is 21.3 Å². The second-order valence-electron chi connectivity index (χ2n) is 4.54. The van der Waals surface area contributed by atoms with Gasteiger partial charge in [-0.15, -0.1) is 0 Å². The molecule has 0 aliphatic rings. The number of likely N-dealkylation sites (N-methyl/N-ethyl adjacent to an activating group) is 1. The second-order valence-corrected chi connectivity index (χ2v) is 4.91. The Hall–Kier alpha value is -1.58. The van der Waals surface area contributed by atoms with E-state index in [2.05, 4.69) is 5.32 Å². The number of hydrogen-bond donors (Lipinski definition) is 1. The van der Waals surface area contributed by atoms with E-state index < -0.39 is 0 Å². The van der Waals surface area contributed by atoms with Crippen LogP contribution in [0, 0.1) is 5.82 Å². The molecule has 0 spiro atoms. The summed E-state index contributed by atoms with van der Waals surface area (Å²) in [6.07, 6.45) is 0.726. The van der Waals surface area contributed by atoms with Crippen LogP contribution < -0.4 is 10.1 Å². The Kier molecular flexibility index (Phi) is 4.99. The normalized spacial score (nSPS) is 12.2. The van der Waals surface area contributed by atoms with Crippen LogP contribution in [-0.4, -0.2) is 14.2 Å². The smallest absolute Gasteiger partial charge is 0.142 e. The highest BCUT2D eigenvalue weighted by molar-refractivity contribution is 6.31. The fraction of sp³-hybridized carbons (Fsp3) is 0.250. The van der Waals surface area contributed by atoms with Crippen molar-refractivity contribution in [1.82, 2.24) is 5.32 Å². The van der Waals surface area contributed by atoms with E-state index in [1.165, 1.54) is 6.07 Å². The predicted octanol–water partition coefficient (Wildman–Crippen LogP) is 3.99. The number of ether oxygens (including phenoxy) is 1. The first-order chi connectivity index (χ1) is 9.65. The van der Waals surface area contributed by atoms with Crippen molar-refractivity contribution in [3.05, 3.63) is 64.4 Å². The summed E-state index contributed by atoms with van der Waals surface area (Å²) in [6.45, 7) is 0. The quantitative estimate of drug-likeness (QED) is 0.900. The Balaban J connectivity index is 2.21. The van der Waals surface area contributed by atoms with E-state index in [0.29, 0.717) is 0 Å². The summed E-state index contributed by atoms with van der Waals surface area (Å²) in [7, 11) is 3.48. The SMILES string of the molecule is CNC(Cc1ccc(OC)cc1)c1cccc(F)c1Cl. The first kappa shape index (κ1) is 14.8. The summed E-state index contributed by atoms with van der Waals surface area (Å²) in [6, 6.07) is 12.7. The first-order valence-electron chi connectivity index (χ1n) is 6.39. The Morgan fingerprint density at radius 1 is 1.20 bits per heavy atom. The van der Waals surface area contributed by atoms with Gasteiger partial charge in [0.05, 0.1) is 12.1 Å². The van der Waals surface area contributed by atoms with E-state index in [1.54, 1.807) is 13.2 Å². The van der Waals surface area contributed by atoms with Crippen LogP contribution in [0.15, 0.2) is 42.5 Å². The molecule has 0 amide bonds. The molecule has 2 aromatic rings. The number of methoxy groups -OCH3 is 1. The van der Waals surface area contributed by atoms with E-state index in [-0.39, 0.29) is 16.9 Å². The molecular weight excluding hydrogens is 277 g/mol. The van der Waals surface area contributed by atoms with Gasteiger partial charge in [-0.3, -0.25) is 0 Å². The van der Waals surface area contributed by atoms with Crippen molar-refractivity contribution in [2.24, 2.45) is 0 Å². The molecule has 0 heterocycles. The lowest BCUT2D eigenvalue weighted by molar-refractivity contribution is 0.414. The Bertz CT molecular complexity index is 571. The molecule has 0 radical (unpaired) electrons. The molecule has 1 unspecified atom stereocenters. The Morgan fingerprint density at radius 2 is 1.90 bits per heavy atom. The largest absolute Gasteiger partial charge is 0.497 e. The summed E-state index contributed by atoms with van der Waals surface area (Å²) in [5.74, 6) is 0.428. The molecule has 4 heteroatoms. The van der Waals surface area contributed by atoms with E-state index in [4.69, 9.17) is 16.3 Å². The predicted molar refractivity (Wildman–Crippen MR) is 79.9 cm³/mol. The van der Waals surface area contributed by atoms with Crippen LogP contribution in [0.4, 0.5) is 4.39 Å². The summed E-state index contributed by atoms with van der Waals surface area (Å²) in [5, 5.41) is 3.36. The minimum atomic E-state index is -0.390. The van der Waals surface area contributed by atoms with Gasteiger partial charge >= 0.3 is 0 Å². The zero-order valence-electron chi connectivity index (χ0n) is 11.5. The molecule has 106 valence electrons. The Labute approximate surface area is 123 Å². The maximum absolute atomic E-state index is 13.5. The van der Waals surface area contributed by atoms with Crippen LogP contribution in [0.1, 0.15) is 17.2 Å². The van der Waals surface area contributed by atoms with E-state index in [0.717, 1.165) is 23.3 Å². The van der Waals surface area contributed by atoms with Gasteiger partial charge in [0.2, 0.25) is 0 Å². The van der Waals surface area contributed by atoms with Crippen LogP contribution in [0.5, 0.6) is 5.75 Å². The highest BCUT2D eigenvalue weighted by atomic mass is 35.5. The first-order valence-corrected chi connectivity index (χ1v) is 6.77. The second kappa shape index (κ2) is 6.73. The average Bonchev–Trinajstić information content (AvgIpc) is 2.48. The minimum Gasteiger partial charge on any atom is -0.497 e. The van der Waals surface area contributed by atoms with Gasteiger partial charge in [0.25, 0.3) is 0 Å². The van der Waals surface area contributed by atoms with Crippen molar-refractivity contribution in [1.29, 1.82) is 0 Å². The van der Waals surface area contributed by atoms with Gasteiger partial charge in [0.1, 0.15) is 11.6 Å². The zero-order chi connectivity index (χ0) is 14.5. The molecule has 0 aliphatic carbocycles. The van der Waals surface area contributed by atoms with Crippen LogP contribution in [-0.2, 0) is 6.42 Å². The van der Waals surface area contributed by atoms with Crippen LogP contribution in [0.3, 0.4) is 0 Å². The molecule has 0 saturated carbocycles. The van der Waals surface area contributed by atoms with Gasteiger partial charge in [0, 0.05) is 6.04 Å². The number of halogens is 2. The molecule has 0 aliphatic heterocycles. The number of nitrogens with one attached hydrogen (secondary N) is 1. The maximum atomic E-state index is 13.5. The zero-order valence-corrected chi connectivity index (χ0v) is 12.2. The highest BCUT2D eigenvalue weighted by Gasteiger charge is 2.15. The van der Waals surface area contributed by atoms with E-state index >= 15 is 0 Å². The molecule has 1 N–H and O–H groups in total. The van der Waals surface area contributed by atoms with Gasteiger partial charge in [-0.2, -0.15) is 0 Å². The number of hydrogen-bond acceptors (Lipinski definition) is 2. The third-order valence-electron chi connectivity index (χ3n) is 3.30. The third kappa shape index (κ3) is 3.30. The summed E-state index contributed by atoms with van der Waals surface area (Å²) < 4.78 is 18.7. The molecule has 2 rings (SSSR count). The van der Waals surface area contributed by atoms with E-state index in [1.807, 2.05) is 37.4 Å². The standard InChI is InChI=1S/C16H17ClFNO/c1-19-15(13-4-3-5-14(18)16(13)17)10-11-6-8-12(20-2)9-7-11/h3-9,15,19H,10H2,1-2H3. The van der Waals surface area contributed by atoms with Crippen molar-refractivity contribution in [3.63, 3.8) is 0 Å². The molecule has 0 fully saturated rings. The lowest BCUT2D eigenvalue weighted by atomic mass is 9.99. The van der Waals surface area contributed by atoms with Gasteiger partial charge in [0.15, 0.2) is 0 Å². The van der Waals surface area contributed by atoms with Crippen molar-refractivity contribution < 1.29 is 9.13 Å². The molecule has 0 aromatic heterocycles. The minimum absolute atomic E-state index is 0.0356. The average molecular weight is 294 g/mol. The van der Waals surface area contributed by atoms with Crippen LogP contribution in [0.25, 0.3) is 0 Å². The third-order valence-corrected chi connectivity index (χ3v) is 3.70. The molecule has 0 bridgehead atoms. The summed E-state index contributed by atoms with van der Waals surface area (Å²) >= 11 is 6.05. The van der Waals surface area contributed by atoms with Crippen molar-refractivity contribution in [3.8, 4) is 5.75 Å². The van der Waals surface area contributed by atoms with Crippen molar-refractivity contribution in [2.45, 2.75) is 12.5 Å². The summed E-state index contributed by atoms with van der Waals surface area (Å²) in [5.41, 5.74) is 1.90. The number of rotatable bonds is 5. The molecule has 20 heavy (non-hydrogen) atoms. The fourth-order valence-corrected chi connectivity index (χ4v) is 2.41. The van der Waals surface area contributed by atoms with Crippen molar-refractivity contribution in [2.75, 3.05) is 14.2 Å². The van der Waals surface area contributed by atoms with Gasteiger partial charge in [-0.1, -0.05) is 35.9 Å². The van der Waals surface area contributed by atoms with E-state index in [9.17, 15) is 4.39 Å². The summed E-state index contributed by atoms with van der Waals surface area (Å²) in [4.78, 5) is 0. The fourth-order valence-electron chi connectivity index (χ4n) is 2.15. The van der Waals surface area contributed by atoms with Crippen LogP contribution in [0.2, 0.25) is 5.02 Å². The van der Waals surface area contributed by atoms with Crippen molar-refractivity contribution >= 4 is 11.6 Å². The number of benzene rings is 2. The van der Waals surface area contributed by atoms with Crippen LogP contribution >= 0.6 is 11.6 Å². The lowest BCUT2D eigenvalue weighted by Crippen LogP contribution is -2.19. The van der Waals surface area contributed by atoms with Gasteiger partial charge < -0.3 is 10.1 Å². The molecular formula is C16H17ClFNO. The molecule has 2 nitrogen and oxygen atoms in total. The Morgan fingerprint density at radius 3 is 2.50 bits per heavy atom. The molecule has 0 saturated heterocycles. The molecule has 1 atom stereocenters. The maximum Gasteiger partial charge on any atom is 0.142 e. The monoisotopic (exact) mass is 293 g/mol. The van der Waals surface area contributed by atoms with Gasteiger partial charge in [-0.05, 0) is 42.8 Å². The molecule has 2 aromatic carbocycles.